The van der Waals surface area contributed by atoms with Gasteiger partial charge in [0.1, 0.15) is 23.3 Å². The molecule has 35 heavy (non-hydrogen) atoms. The molecule has 2 aliphatic rings. The molecule has 11 nitrogen and oxygen atoms in total. The lowest BCUT2D eigenvalue weighted by Gasteiger charge is -2.27. The Morgan fingerprint density at radius 3 is 2.74 bits per heavy atom. The van der Waals surface area contributed by atoms with E-state index in [2.05, 4.69) is 20.6 Å². The number of nitrogens with zero attached hydrogens (tertiary/aromatic N) is 5. The van der Waals surface area contributed by atoms with E-state index in [1.165, 1.54) is 0 Å². The van der Waals surface area contributed by atoms with Crippen LogP contribution in [0.1, 0.15) is 36.7 Å². The van der Waals surface area contributed by atoms with Gasteiger partial charge in [-0.2, -0.15) is 15.2 Å². The zero-order valence-corrected chi connectivity index (χ0v) is 19.8. The smallest absolute Gasteiger partial charge is 0.262 e. The number of rotatable bonds is 9. The van der Waals surface area contributed by atoms with E-state index in [1.807, 2.05) is 6.07 Å². The summed E-state index contributed by atoms with van der Waals surface area (Å²) < 4.78 is 6.89. The molecule has 1 saturated carbocycles. The van der Waals surface area contributed by atoms with Crippen molar-refractivity contribution in [3.8, 4) is 6.07 Å². The third-order valence-electron chi connectivity index (χ3n) is 6.32. The summed E-state index contributed by atoms with van der Waals surface area (Å²) >= 11 is 6.40. The van der Waals surface area contributed by atoms with Gasteiger partial charge >= 0.3 is 0 Å². The first-order chi connectivity index (χ1) is 17.0. The van der Waals surface area contributed by atoms with E-state index in [0.29, 0.717) is 47.6 Å². The fraction of sp³-hybridized carbons (Fsp3) is 0.435. The highest BCUT2D eigenvalue weighted by molar-refractivity contribution is 6.35. The summed E-state index contributed by atoms with van der Waals surface area (Å²) in [6.07, 6.45) is 2.61. The van der Waals surface area contributed by atoms with Gasteiger partial charge in [-0.3, -0.25) is 9.36 Å². The van der Waals surface area contributed by atoms with Gasteiger partial charge in [0, 0.05) is 6.54 Å². The molecule has 6 N–H and O–H groups in total. The van der Waals surface area contributed by atoms with Gasteiger partial charge in [-0.1, -0.05) is 17.7 Å². The Hall–Kier alpha value is -3.46. The number of nitriles is 1. The topological polar surface area (TPSA) is 170 Å². The molecule has 0 radical (unpaired) electrons. The number of fused-ring (bicyclic) bond motifs is 1. The molecule has 0 bridgehead atoms. The number of benzene rings is 1. The second-order valence-corrected chi connectivity index (χ2v) is 9.27. The first-order valence-corrected chi connectivity index (χ1v) is 11.9. The number of ether oxygens (including phenoxy) is 1. The van der Waals surface area contributed by atoms with E-state index in [9.17, 15) is 10.1 Å². The Morgan fingerprint density at radius 2 is 2.06 bits per heavy atom. The highest BCUT2D eigenvalue weighted by Gasteiger charge is 2.37. The minimum atomic E-state index is -0.375. The summed E-state index contributed by atoms with van der Waals surface area (Å²) in [5.74, 6) is 0.963. The molecular formula is C23H26ClN9O2. The second-order valence-electron chi connectivity index (χ2n) is 8.86. The highest BCUT2D eigenvalue weighted by Crippen LogP contribution is 2.43. The largest absolute Gasteiger partial charge is 0.382 e. The van der Waals surface area contributed by atoms with Crippen molar-refractivity contribution in [2.24, 2.45) is 5.92 Å². The summed E-state index contributed by atoms with van der Waals surface area (Å²) in [6, 6.07) is 7.26. The molecule has 3 heterocycles. The maximum atomic E-state index is 13.6. The Kier molecular flexibility index (Phi) is 6.42. The maximum absolute atomic E-state index is 13.6. The number of aromatic nitrogens is 4. The van der Waals surface area contributed by atoms with Crippen LogP contribution < -0.4 is 27.7 Å². The van der Waals surface area contributed by atoms with Crippen LogP contribution in [0.25, 0.3) is 10.9 Å². The van der Waals surface area contributed by atoms with Crippen LogP contribution in [0.4, 0.5) is 17.6 Å². The minimum Gasteiger partial charge on any atom is -0.382 e. The molecule has 1 aromatic carbocycles. The van der Waals surface area contributed by atoms with Crippen LogP contribution in [0, 0.1) is 17.2 Å². The zero-order valence-electron chi connectivity index (χ0n) is 19.0. The van der Waals surface area contributed by atoms with Gasteiger partial charge in [0.2, 0.25) is 5.95 Å². The summed E-state index contributed by atoms with van der Waals surface area (Å²) in [4.78, 5) is 26.6. The van der Waals surface area contributed by atoms with Gasteiger partial charge in [0.25, 0.3) is 5.56 Å². The molecule has 1 aliphatic heterocycles. The van der Waals surface area contributed by atoms with Crippen molar-refractivity contribution in [3.05, 3.63) is 45.0 Å². The van der Waals surface area contributed by atoms with Crippen molar-refractivity contribution < 1.29 is 4.74 Å². The summed E-state index contributed by atoms with van der Waals surface area (Å²) in [5, 5.41) is 17.1. The monoisotopic (exact) mass is 495 g/mol. The molecule has 3 aromatic rings. The van der Waals surface area contributed by atoms with Crippen molar-refractivity contribution in [1.29, 1.82) is 5.26 Å². The SMILES string of the molecule is N#Cc1c(N)nc(N)nc1N[C@H](c1nc2cccc(Cl)c2c(=O)n1CCCNC1COC1)C1CC1. The van der Waals surface area contributed by atoms with E-state index in [4.69, 9.17) is 32.8 Å². The van der Waals surface area contributed by atoms with Crippen molar-refractivity contribution in [2.45, 2.75) is 37.9 Å². The number of halogens is 1. The molecule has 2 aromatic heterocycles. The standard InChI is InChI=1S/C23H26ClN9O2/c24-15-3-1-4-16-17(15)22(34)33(8-2-7-28-13-10-35-11-13)21(29-16)18(12-5-6-12)30-20-14(9-25)19(26)31-23(27)32-20/h1,3-4,12-13,18,28H,2,5-8,10-11H2,(H5,26,27,30,31,32)/t18-/m0/s1. The number of hydrogen-bond acceptors (Lipinski definition) is 10. The fourth-order valence-electron chi connectivity index (χ4n) is 4.27. The van der Waals surface area contributed by atoms with Gasteiger partial charge < -0.3 is 26.8 Å². The third-order valence-corrected chi connectivity index (χ3v) is 6.64. The van der Waals surface area contributed by atoms with E-state index < -0.39 is 0 Å². The molecule has 2 fully saturated rings. The van der Waals surface area contributed by atoms with Gasteiger partial charge in [0.05, 0.1) is 41.2 Å². The molecule has 182 valence electrons. The lowest BCUT2D eigenvalue weighted by molar-refractivity contribution is -0.00502. The van der Waals surface area contributed by atoms with Crippen LogP contribution in [0.15, 0.2) is 23.0 Å². The number of nitrogens with one attached hydrogen (secondary N) is 2. The Morgan fingerprint density at radius 1 is 1.26 bits per heavy atom. The Bertz CT molecular complexity index is 1360. The van der Waals surface area contributed by atoms with E-state index in [1.54, 1.807) is 22.8 Å². The molecule has 0 spiro atoms. The first kappa shape index (κ1) is 23.3. The number of nitrogen functional groups attached to an aromatic ring is 2. The van der Waals surface area contributed by atoms with Crippen LogP contribution in [0.2, 0.25) is 5.02 Å². The molecule has 5 rings (SSSR count). The molecule has 12 heteroatoms. The predicted octanol–water partition coefficient (Wildman–Crippen LogP) is 1.82. The molecule has 0 amide bonds. The van der Waals surface area contributed by atoms with Crippen LogP contribution >= 0.6 is 11.6 Å². The first-order valence-electron chi connectivity index (χ1n) is 11.6. The van der Waals surface area contributed by atoms with Crippen LogP contribution in [-0.2, 0) is 11.3 Å². The number of hydrogen-bond donors (Lipinski definition) is 4. The van der Waals surface area contributed by atoms with E-state index in [-0.39, 0.29) is 40.7 Å². The van der Waals surface area contributed by atoms with Crippen molar-refractivity contribution in [3.63, 3.8) is 0 Å². The quantitative estimate of drug-likeness (QED) is 0.321. The molecular weight excluding hydrogens is 470 g/mol. The normalized spacial score (nSPS) is 16.6. The highest BCUT2D eigenvalue weighted by atomic mass is 35.5. The van der Waals surface area contributed by atoms with Crippen LogP contribution in [0.3, 0.4) is 0 Å². The van der Waals surface area contributed by atoms with Crippen molar-refractivity contribution in [2.75, 3.05) is 36.5 Å². The summed E-state index contributed by atoms with van der Waals surface area (Å²) in [5.41, 5.74) is 12.1. The molecule has 0 unspecified atom stereocenters. The minimum absolute atomic E-state index is 0.00117. The Labute approximate surface area is 206 Å². The van der Waals surface area contributed by atoms with Crippen LogP contribution in [-0.4, -0.2) is 45.3 Å². The second kappa shape index (κ2) is 9.65. The number of anilines is 3. The third kappa shape index (κ3) is 4.73. The Balaban J connectivity index is 1.55. The molecule has 1 saturated heterocycles. The lowest BCUT2D eigenvalue weighted by atomic mass is 10.1. The maximum Gasteiger partial charge on any atom is 0.262 e. The fourth-order valence-corrected chi connectivity index (χ4v) is 4.52. The van der Waals surface area contributed by atoms with Gasteiger partial charge in [0.15, 0.2) is 5.82 Å². The molecule has 1 atom stereocenters. The summed E-state index contributed by atoms with van der Waals surface area (Å²) in [7, 11) is 0. The average molecular weight is 496 g/mol. The number of nitrogens with two attached hydrogens (primary N) is 2. The lowest BCUT2D eigenvalue weighted by Crippen LogP contribution is -2.46. The molecule has 1 aliphatic carbocycles. The van der Waals surface area contributed by atoms with Gasteiger partial charge in [-0.15, -0.1) is 0 Å². The summed E-state index contributed by atoms with van der Waals surface area (Å²) in [6.45, 7) is 2.60. The average Bonchev–Trinajstić information content (AvgIpc) is 3.62. The van der Waals surface area contributed by atoms with Gasteiger partial charge in [-0.05, 0) is 43.9 Å². The van der Waals surface area contributed by atoms with Crippen molar-refractivity contribution in [1.82, 2.24) is 24.8 Å². The zero-order chi connectivity index (χ0) is 24.5. The van der Waals surface area contributed by atoms with E-state index in [0.717, 1.165) is 25.8 Å². The van der Waals surface area contributed by atoms with Gasteiger partial charge in [-0.25, -0.2) is 4.98 Å². The predicted molar refractivity (Wildman–Crippen MR) is 133 cm³/mol. The van der Waals surface area contributed by atoms with Crippen LogP contribution in [0.5, 0.6) is 0 Å². The van der Waals surface area contributed by atoms with E-state index >= 15 is 0 Å². The van der Waals surface area contributed by atoms with Crippen molar-refractivity contribution >= 4 is 40.1 Å².